The van der Waals surface area contributed by atoms with Crippen molar-refractivity contribution in [3.63, 3.8) is 0 Å². The number of carbonyl (C=O) groups is 2. The Morgan fingerprint density at radius 1 is 1.40 bits per heavy atom. The smallest absolute Gasteiger partial charge is 0.272 e. The SMILES string of the molecule is CNC(=O)CNC(=O)c1ccc(Cl)nn1. The third-order valence-electron chi connectivity index (χ3n) is 1.55. The molecule has 2 amide bonds. The van der Waals surface area contributed by atoms with E-state index in [2.05, 4.69) is 20.8 Å². The zero-order chi connectivity index (χ0) is 11.3. The molecule has 0 fully saturated rings. The van der Waals surface area contributed by atoms with Crippen LogP contribution in [0.15, 0.2) is 12.1 Å². The molecule has 0 saturated heterocycles. The number of likely N-dealkylation sites (N-methyl/N-ethyl adjacent to an activating group) is 1. The Balaban J connectivity index is 2.54. The molecule has 0 aliphatic heterocycles. The first-order valence-electron chi connectivity index (χ1n) is 4.11. The number of hydrogen-bond donors (Lipinski definition) is 2. The van der Waals surface area contributed by atoms with E-state index in [9.17, 15) is 9.59 Å². The highest BCUT2D eigenvalue weighted by molar-refractivity contribution is 6.29. The molecule has 2 N–H and O–H groups in total. The van der Waals surface area contributed by atoms with Crippen LogP contribution in [0.25, 0.3) is 0 Å². The lowest BCUT2D eigenvalue weighted by atomic mass is 10.3. The highest BCUT2D eigenvalue weighted by atomic mass is 35.5. The van der Waals surface area contributed by atoms with Gasteiger partial charge in [-0.3, -0.25) is 9.59 Å². The van der Waals surface area contributed by atoms with Crippen molar-refractivity contribution in [2.45, 2.75) is 0 Å². The Bertz CT molecular complexity index is 365. The molecular weight excluding hydrogens is 220 g/mol. The van der Waals surface area contributed by atoms with Gasteiger partial charge in [0.05, 0.1) is 6.54 Å². The quantitative estimate of drug-likeness (QED) is 0.738. The maximum absolute atomic E-state index is 11.3. The number of aromatic nitrogens is 2. The molecule has 0 atom stereocenters. The van der Waals surface area contributed by atoms with Crippen molar-refractivity contribution in [2.24, 2.45) is 0 Å². The standard InChI is InChI=1S/C8H9ClN4O2/c1-10-7(14)4-11-8(15)5-2-3-6(9)13-12-5/h2-3H,4H2,1H3,(H,10,14)(H,11,15). The number of nitrogens with one attached hydrogen (secondary N) is 2. The van der Waals surface area contributed by atoms with Gasteiger partial charge in [-0.1, -0.05) is 11.6 Å². The summed E-state index contributed by atoms with van der Waals surface area (Å²) in [6.07, 6.45) is 0. The van der Waals surface area contributed by atoms with Gasteiger partial charge >= 0.3 is 0 Å². The second-order valence-corrected chi connectivity index (χ2v) is 2.98. The molecule has 0 unspecified atom stereocenters. The third-order valence-corrected chi connectivity index (χ3v) is 1.75. The zero-order valence-corrected chi connectivity index (χ0v) is 8.71. The normalized spacial score (nSPS) is 9.47. The molecule has 0 bridgehead atoms. The first kappa shape index (κ1) is 11.4. The number of hydrogen-bond acceptors (Lipinski definition) is 4. The zero-order valence-electron chi connectivity index (χ0n) is 7.95. The van der Waals surface area contributed by atoms with Crippen LogP contribution in [0.3, 0.4) is 0 Å². The monoisotopic (exact) mass is 228 g/mol. The fourth-order valence-electron chi connectivity index (χ4n) is 0.777. The maximum Gasteiger partial charge on any atom is 0.272 e. The van der Waals surface area contributed by atoms with Crippen molar-refractivity contribution in [3.8, 4) is 0 Å². The first-order valence-corrected chi connectivity index (χ1v) is 4.49. The molecule has 0 saturated carbocycles. The summed E-state index contributed by atoms with van der Waals surface area (Å²) in [7, 11) is 1.48. The number of halogens is 1. The fraction of sp³-hybridized carbons (Fsp3) is 0.250. The van der Waals surface area contributed by atoms with Gasteiger partial charge in [-0.05, 0) is 12.1 Å². The number of nitrogens with zero attached hydrogens (tertiary/aromatic N) is 2. The summed E-state index contributed by atoms with van der Waals surface area (Å²) in [6.45, 7) is -0.0976. The predicted molar refractivity (Wildman–Crippen MR) is 53.4 cm³/mol. The van der Waals surface area contributed by atoms with E-state index in [0.717, 1.165) is 0 Å². The highest BCUT2D eigenvalue weighted by Crippen LogP contribution is 2.01. The predicted octanol–water partition coefficient (Wildman–Crippen LogP) is -0.394. The Morgan fingerprint density at radius 2 is 2.13 bits per heavy atom. The Hall–Kier alpha value is -1.69. The molecular formula is C8H9ClN4O2. The molecule has 1 rings (SSSR count). The van der Waals surface area contributed by atoms with Crippen molar-refractivity contribution >= 4 is 23.4 Å². The first-order chi connectivity index (χ1) is 7.13. The fourth-order valence-corrected chi connectivity index (χ4v) is 0.877. The Labute approximate surface area is 91.0 Å². The van der Waals surface area contributed by atoms with Gasteiger partial charge in [0.1, 0.15) is 0 Å². The van der Waals surface area contributed by atoms with Gasteiger partial charge in [-0.2, -0.15) is 0 Å². The molecule has 0 radical (unpaired) electrons. The number of amides is 2. The largest absolute Gasteiger partial charge is 0.358 e. The van der Waals surface area contributed by atoms with Gasteiger partial charge < -0.3 is 10.6 Å². The van der Waals surface area contributed by atoms with E-state index in [1.807, 2.05) is 0 Å². The minimum atomic E-state index is -0.470. The van der Waals surface area contributed by atoms with E-state index in [-0.39, 0.29) is 23.3 Å². The lowest BCUT2D eigenvalue weighted by Crippen LogP contribution is -2.35. The average Bonchev–Trinajstić information content (AvgIpc) is 2.26. The summed E-state index contributed by atoms with van der Waals surface area (Å²) < 4.78 is 0. The van der Waals surface area contributed by atoms with Crippen LogP contribution in [-0.4, -0.2) is 35.6 Å². The van der Waals surface area contributed by atoms with Crippen LogP contribution in [0.5, 0.6) is 0 Å². The van der Waals surface area contributed by atoms with E-state index in [0.29, 0.717) is 0 Å². The molecule has 0 aliphatic rings. The summed E-state index contributed by atoms with van der Waals surface area (Å²) in [5, 5.41) is 12.0. The van der Waals surface area contributed by atoms with Gasteiger partial charge in [0.15, 0.2) is 10.8 Å². The Kier molecular flexibility index (Phi) is 3.99. The van der Waals surface area contributed by atoms with Gasteiger partial charge in [0.2, 0.25) is 5.91 Å². The molecule has 1 heterocycles. The second kappa shape index (κ2) is 5.26. The molecule has 6 nitrogen and oxygen atoms in total. The molecule has 15 heavy (non-hydrogen) atoms. The molecule has 0 aliphatic carbocycles. The number of rotatable bonds is 3. The molecule has 1 aromatic heterocycles. The van der Waals surface area contributed by atoms with Crippen LogP contribution in [0.1, 0.15) is 10.5 Å². The molecule has 0 spiro atoms. The maximum atomic E-state index is 11.3. The lowest BCUT2D eigenvalue weighted by molar-refractivity contribution is -0.119. The summed E-state index contributed by atoms with van der Waals surface area (Å²) in [5.74, 6) is -0.756. The van der Waals surface area contributed by atoms with Crippen LogP contribution in [-0.2, 0) is 4.79 Å². The van der Waals surface area contributed by atoms with Crippen molar-refractivity contribution in [2.75, 3.05) is 13.6 Å². The van der Waals surface area contributed by atoms with E-state index in [4.69, 9.17) is 11.6 Å². The third kappa shape index (κ3) is 3.51. The van der Waals surface area contributed by atoms with Gasteiger partial charge in [0, 0.05) is 7.05 Å². The van der Waals surface area contributed by atoms with Gasteiger partial charge in [-0.15, -0.1) is 10.2 Å². The second-order valence-electron chi connectivity index (χ2n) is 2.60. The topological polar surface area (TPSA) is 84.0 Å². The van der Waals surface area contributed by atoms with Crippen LogP contribution in [0, 0.1) is 0 Å². The van der Waals surface area contributed by atoms with E-state index in [1.165, 1.54) is 19.2 Å². The summed E-state index contributed by atoms with van der Waals surface area (Å²) in [6, 6.07) is 2.87. The highest BCUT2D eigenvalue weighted by Gasteiger charge is 2.08. The van der Waals surface area contributed by atoms with E-state index >= 15 is 0 Å². The summed E-state index contributed by atoms with van der Waals surface area (Å²) in [5.41, 5.74) is 0.114. The summed E-state index contributed by atoms with van der Waals surface area (Å²) >= 11 is 5.50. The summed E-state index contributed by atoms with van der Waals surface area (Å²) in [4.78, 5) is 22.2. The average molecular weight is 229 g/mol. The number of carbonyl (C=O) groups excluding carboxylic acids is 2. The molecule has 1 aromatic rings. The Morgan fingerprint density at radius 3 is 2.67 bits per heavy atom. The molecule has 0 aromatic carbocycles. The van der Waals surface area contributed by atoms with E-state index in [1.54, 1.807) is 0 Å². The molecule has 7 heteroatoms. The van der Waals surface area contributed by atoms with E-state index < -0.39 is 5.91 Å². The van der Waals surface area contributed by atoms with Crippen molar-refractivity contribution < 1.29 is 9.59 Å². The van der Waals surface area contributed by atoms with Crippen LogP contribution < -0.4 is 10.6 Å². The molecule has 80 valence electrons. The van der Waals surface area contributed by atoms with Gasteiger partial charge in [-0.25, -0.2) is 0 Å². The lowest BCUT2D eigenvalue weighted by Gasteiger charge is -2.02. The van der Waals surface area contributed by atoms with Gasteiger partial charge in [0.25, 0.3) is 5.91 Å². The van der Waals surface area contributed by atoms with Crippen molar-refractivity contribution in [3.05, 3.63) is 23.0 Å². The van der Waals surface area contributed by atoms with Crippen LogP contribution >= 0.6 is 11.6 Å². The minimum absolute atomic E-state index is 0.0976. The van der Waals surface area contributed by atoms with Crippen LogP contribution in [0.4, 0.5) is 0 Å². The van der Waals surface area contributed by atoms with Crippen molar-refractivity contribution in [1.29, 1.82) is 0 Å². The van der Waals surface area contributed by atoms with Crippen molar-refractivity contribution in [1.82, 2.24) is 20.8 Å². The van der Waals surface area contributed by atoms with Crippen LogP contribution in [0.2, 0.25) is 5.15 Å². The minimum Gasteiger partial charge on any atom is -0.358 e.